The van der Waals surface area contributed by atoms with Crippen LogP contribution in [0.1, 0.15) is 17.1 Å². The number of aliphatic carboxylic acids is 1. The minimum atomic E-state index is -0.824. The maximum atomic E-state index is 11.6. The first-order valence-corrected chi connectivity index (χ1v) is 7.12. The standard InChI is InChI=1S/C15H15N5O2/c21-15(22)13-5-11-12(18-8-17-11)7-20(13)6-10-2-1-9-3-4-16-14(9)19-10/h1-4,8,13H,5-7H2,(H,16,19)(H,17,18)(H,21,22)/t13-/m1/s1. The fourth-order valence-corrected chi connectivity index (χ4v) is 2.96. The Bertz CT molecular complexity index is 837. The van der Waals surface area contributed by atoms with E-state index in [-0.39, 0.29) is 0 Å². The summed E-state index contributed by atoms with van der Waals surface area (Å²) in [5, 5.41) is 10.5. The first kappa shape index (κ1) is 13.0. The van der Waals surface area contributed by atoms with Crippen molar-refractivity contribution in [1.29, 1.82) is 0 Å². The van der Waals surface area contributed by atoms with E-state index >= 15 is 0 Å². The van der Waals surface area contributed by atoms with Gasteiger partial charge in [0.05, 0.1) is 23.4 Å². The minimum absolute atomic E-state index is 0.416. The number of nitrogens with zero attached hydrogens (tertiary/aromatic N) is 3. The van der Waals surface area contributed by atoms with Crippen LogP contribution >= 0.6 is 0 Å². The average Bonchev–Trinajstić information content (AvgIpc) is 3.13. The summed E-state index contributed by atoms with van der Waals surface area (Å²) in [6.07, 6.45) is 3.88. The number of pyridine rings is 1. The maximum absolute atomic E-state index is 11.6. The van der Waals surface area contributed by atoms with Gasteiger partial charge in [0.15, 0.2) is 0 Å². The van der Waals surface area contributed by atoms with Gasteiger partial charge in [-0.2, -0.15) is 0 Å². The van der Waals surface area contributed by atoms with Crippen molar-refractivity contribution in [3.63, 3.8) is 0 Å². The Labute approximate surface area is 126 Å². The number of hydrogen-bond acceptors (Lipinski definition) is 4. The predicted molar refractivity (Wildman–Crippen MR) is 79.1 cm³/mol. The zero-order valence-electron chi connectivity index (χ0n) is 11.8. The molecule has 7 nitrogen and oxygen atoms in total. The minimum Gasteiger partial charge on any atom is -0.480 e. The number of imidazole rings is 1. The second kappa shape index (κ2) is 4.96. The van der Waals surface area contributed by atoms with Gasteiger partial charge >= 0.3 is 5.97 Å². The Morgan fingerprint density at radius 1 is 1.36 bits per heavy atom. The van der Waals surface area contributed by atoms with Crippen LogP contribution in [0, 0.1) is 0 Å². The normalized spacial score (nSPS) is 18.5. The predicted octanol–water partition coefficient (Wildman–Crippen LogP) is 1.30. The van der Waals surface area contributed by atoms with Gasteiger partial charge in [-0.05, 0) is 18.2 Å². The summed E-state index contributed by atoms with van der Waals surface area (Å²) in [7, 11) is 0. The molecule has 22 heavy (non-hydrogen) atoms. The van der Waals surface area contributed by atoms with Crippen LogP contribution in [0.5, 0.6) is 0 Å². The van der Waals surface area contributed by atoms with Crippen LogP contribution in [0.3, 0.4) is 0 Å². The van der Waals surface area contributed by atoms with E-state index in [0.29, 0.717) is 19.5 Å². The molecule has 0 aromatic carbocycles. The molecule has 0 radical (unpaired) electrons. The second-order valence-electron chi connectivity index (χ2n) is 5.51. The molecule has 0 saturated heterocycles. The molecule has 0 fully saturated rings. The van der Waals surface area contributed by atoms with Crippen molar-refractivity contribution in [3.05, 3.63) is 47.8 Å². The van der Waals surface area contributed by atoms with E-state index in [2.05, 4.69) is 19.9 Å². The Morgan fingerprint density at radius 3 is 3.14 bits per heavy atom. The molecule has 1 aliphatic rings. The first-order valence-electron chi connectivity index (χ1n) is 7.12. The Balaban J connectivity index is 1.63. The molecule has 3 N–H and O–H groups in total. The van der Waals surface area contributed by atoms with Crippen molar-refractivity contribution in [3.8, 4) is 0 Å². The highest BCUT2D eigenvalue weighted by atomic mass is 16.4. The Kier molecular flexibility index (Phi) is 2.93. The lowest BCUT2D eigenvalue weighted by Crippen LogP contribution is -2.45. The summed E-state index contributed by atoms with van der Waals surface area (Å²) in [5.74, 6) is -0.824. The Hall–Kier alpha value is -2.67. The fraction of sp³-hybridized carbons (Fsp3) is 0.267. The molecular weight excluding hydrogens is 282 g/mol. The molecule has 0 aliphatic carbocycles. The van der Waals surface area contributed by atoms with Gasteiger partial charge in [0.25, 0.3) is 0 Å². The third-order valence-corrected chi connectivity index (χ3v) is 4.11. The van der Waals surface area contributed by atoms with Crippen LogP contribution in [-0.4, -0.2) is 42.0 Å². The number of fused-ring (bicyclic) bond motifs is 2. The van der Waals surface area contributed by atoms with Crippen LogP contribution in [0.25, 0.3) is 11.0 Å². The topological polar surface area (TPSA) is 97.9 Å². The molecule has 1 aliphatic heterocycles. The van der Waals surface area contributed by atoms with Crippen molar-refractivity contribution < 1.29 is 9.90 Å². The van der Waals surface area contributed by atoms with Gasteiger partial charge < -0.3 is 15.1 Å². The lowest BCUT2D eigenvalue weighted by Gasteiger charge is -2.31. The van der Waals surface area contributed by atoms with Gasteiger partial charge in [-0.25, -0.2) is 9.97 Å². The molecule has 1 atom stereocenters. The molecule has 0 unspecified atom stereocenters. The lowest BCUT2D eigenvalue weighted by molar-refractivity contribution is -0.144. The Morgan fingerprint density at radius 2 is 2.27 bits per heavy atom. The van der Waals surface area contributed by atoms with Crippen LogP contribution in [0.15, 0.2) is 30.7 Å². The molecule has 0 amide bonds. The zero-order chi connectivity index (χ0) is 15.1. The molecule has 0 bridgehead atoms. The quantitative estimate of drug-likeness (QED) is 0.677. The van der Waals surface area contributed by atoms with E-state index in [1.165, 1.54) is 0 Å². The third-order valence-electron chi connectivity index (χ3n) is 4.11. The van der Waals surface area contributed by atoms with Crippen molar-refractivity contribution in [2.24, 2.45) is 0 Å². The van der Waals surface area contributed by atoms with Crippen molar-refractivity contribution in [1.82, 2.24) is 24.8 Å². The van der Waals surface area contributed by atoms with E-state index < -0.39 is 12.0 Å². The second-order valence-corrected chi connectivity index (χ2v) is 5.51. The highest BCUT2D eigenvalue weighted by Crippen LogP contribution is 2.23. The van der Waals surface area contributed by atoms with E-state index in [0.717, 1.165) is 28.1 Å². The number of rotatable bonds is 3. The molecule has 3 aromatic heterocycles. The van der Waals surface area contributed by atoms with Crippen LogP contribution in [0.2, 0.25) is 0 Å². The van der Waals surface area contributed by atoms with E-state index in [9.17, 15) is 9.90 Å². The highest BCUT2D eigenvalue weighted by molar-refractivity contribution is 5.75. The number of carbonyl (C=O) groups is 1. The van der Waals surface area contributed by atoms with Gasteiger partial charge in [0, 0.05) is 31.1 Å². The summed E-state index contributed by atoms with van der Waals surface area (Å²) < 4.78 is 0. The number of nitrogens with one attached hydrogen (secondary N) is 2. The number of hydrogen-bond donors (Lipinski definition) is 3. The number of carboxylic acid groups (broad SMARTS) is 1. The number of carboxylic acids is 1. The SMILES string of the molecule is O=C(O)[C@H]1Cc2nc[nH]c2CN1Cc1ccc2cc[nH]c2n1. The number of H-pyrrole nitrogens is 2. The molecule has 4 heterocycles. The average molecular weight is 297 g/mol. The zero-order valence-corrected chi connectivity index (χ0v) is 11.8. The van der Waals surface area contributed by atoms with Crippen LogP contribution < -0.4 is 0 Å². The van der Waals surface area contributed by atoms with Crippen molar-refractivity contribution >= 4 is 17.0 Å². The van der Waals surface area contributed by atoms with Gasteiger partial charge in [0.2, 0.25) is 0 Å². The first-order chi connectivity index (χ1) is 10.7. The van der Waals surface area contributed by atoms with E-state index in [1.54, 1.807) is 6.33 Å². The summed E-state index contributed by atoms with van der Waals surface area (Å²) in [4.78, 5) is 28.4. The molecule has 3 aromatic rings. The fourth-order valence-electron chi connectivity index (χ4n) is 2.96. The molecule has 112 valence electrons. The molecule has 0 saturated carbocycles. The molecule has 4 rings (SSSR count). The van der Waals surface area contributed by atoms with Gasteiger partial charge in [-0.3, -0.25) is 9.69 Å². The maximum Gasteiger partial charge on any atom is 0.321 e. The van der Waals surface area contributed by atoms with Crippen LogP contribution in [-0.2, 0) is 24.3 Å². The van der Waals surface area contributed by atoms with E-state index in [1.807, 2.05) is 29.3 Å². The molecule has 7 heteroatoms. The largest absolute Gasteiger partial charge is 0.480 e. The van der Waals surface area contributed by atoms with Crippen LogP contribution in [0.4, 0.5) is 0 Å². The van der Waals surface area contributed by atoms with Gasteiger partial charge in [-0.1, -0.05) is 0 Å². The number of aromatic nitrogens is 4. The summed E-state index contributed by atoms with van der Waals surface area (Å²) in [5.41, 5.74) is 3.50. The number of aromatic amines is 2. The highest BCUT2D eigenvalue weighted by Gasteiger charge is 2.33. The molecular formula is C15H15N5O2. The molecule has 0 spiro atoms. The summed E-state index contributed by atoms with van der Waals surface area (Å²) in [6.45, 7) is 1.03. The third kappa shape index (κ3) is 2.15. The lowest BCUT2D eigenvalue weighted by atomic mass is 10.0. The summed E-state index contributed by atoms with van der Waals surface area (Å²) >= 11 is 0. The van der Waals surface area contributed by atoms with Gasteiger partial charge in [-0.15, -0.1) is 0 Å². The van der Waals surface area contributed by atoms with Crippen molar-refractivity contribution in [2.45, 2.75) is 25.6 Å². The van der Waals surface area contributed by atoms with E-state index in [4.69, 9.17) is 0 Å². The smallest absolute Gasteiger partial charge is 0.321 e. The van der Waals surface area contributed by atoms with Gasteiger partial charge in [0.1, 0.15) is 11.7 Å². The van der Waals surface area contributed by atoms with Crippen molar-refractivity contribution in [2.75, 3.05) is 0 Å². The monoisotopic (exact) mass is 297 g/mol. The summed E-state index contributed by atoms with van der Waals surface area (Å²) in [6, 6.07) is 5.33.